The summed E-state index contributed by atoms with van der Waals surface area (Å²) in [5.74, 6) is 3.87. The van der Waals surface area contributed by atoms with Gasteiger partial charge in [-0.25, -0.2) is 29.9 Å². The molecular formula is C48H38N6. The van der Waals surface area contributed by atoms with Gasteiger partial charge in [-0.05, 0) is 38.8 Å². The second-order valence-corrected chi connectivity index (χ2v) is 13.7. The minimum atomic E-state index is 0.636. The Balaban J connectivity index is 1.05. The molecule has 2 aromatic heterocycles. The fourth-order valence-corrected chi connectivity index (χ4v) is 6.02. The summed E-state index contributed by atoms with van der Waals surface area (Å²) in [7, 11) is 0. The van der Waals surface area contributed by atoms with Gasteiger partial charge in [0.15, 0.2) is 34.9 Å². The Hall–Kier alpha value is -6.92. The highest BCUT2D eigenvalue weighted by Crippen LogP contribution is 2.28. The summed E-state index contributed by atoms with van der Waals surface area (Å²) in [6, 6.07) is 49.7. The Bertz CT molecular complexity index is 2260. The second-order valence-electron chi connectivity index (χ2n) is 13.7. The van der Waals surface area contributed by atoms with Crippen LogP contribution in [0.1, 0.15) is 33.4 Å². The molecule has 0 bridgehead atoms. The molecule has 2 heterocycles. The number of nitrogens with zero attached hydrogens (tertiary/aromatic N) is 6. The molecule has 6 nitrogen and oxygen atoms in total. The highest BCUT2D eigenvalue weighted by atomic mass is 15.0. The number of hydrogen-bond donors (Lipinski definition) is 0. The lowest BCUT2D eigenvalue weighted by atomic mass is 10.1. The van der Waals surface area contributed by atoms with E-state index in [1.807, 2.05) is 0 Å². The summed E-state index contributed by atoms with van der Waals surface area (Å²) >= 11 is 0. The first-order chi connectivity index (χ1) is 26.3. The van der Waals surface area contributed by atoms with E-state index in [-0.39, 0.29) is 0 Å². The first-order valence-electron chi connectivity index (χ1n) is 18.0. The summed E-state index contributed by atoms with van der Waals surface area (Å²) < 4.78 is 0. The average Bonchev–Trinajstić information content (AvgIpc) is 3.21. The van der Waals surface area contributed by atoms with Gasteiger partial charge in [-0.15, -0.1) is 0 Å². The normalized spacial score (nSPS) is 11.3. The predicted octanol–water partition coefficient (Wildman–Crippen LogP) is 11.5. The van der Waals surface area contributed by atoms with Crippen molar-refractivity contribution in [2.24, 2.45) is 0 Å². The van der Waals surface area contributed by atoms with E-state index in [4.69, 9.17) is 29.9 Å². The van der Waals surface area contributed by atoms with Crippen LogP contribution in [0.2, 0.25) is 0 Å². The molecule has 260 valence electrons. The number of benzene rings is 6. The van der Waals surface area contributed by atoms with Crippen molar-refractivity contribution in [1.29, 1.82) is 0 Å². The largest absolute Gasteiger partial charge is 0.208 e. The number of rotatable bonds is 8. The van der Waals surface area contributed by atoms with Gasteiger partial charge in [0.05, 0.1) is 0 Å². The topological polar surface area (TPSA) is 77.3 Å². The number of aryl methyl sites for hydroxylation is 4. The molecule has 0 aliphatic carbocycles. The highest BCUT2D eigenvalue weighted by molar-refractivity contribution is 5.74. The summed E-state index contributed by atoms with van der Waals surface area (Å²) in [6.07, 6.45) is 4.21. The van der Waals surface area contributed by atoms with Crippen molar-refractivity contribution in [2.75, 3.05) is 0 Å². The van der Waals surface area contributed by atoms with Crippen LogP contribution in [0, 0.1) is 27.7 Å². The molecule has 0 aliphatic rings. The summed E-state index contributed by atoms with van der Waals surface area (Å²) in [4.78, 5) is 29.3. The molecule has 0 radical (unpaired) electrons. The van der Waals surface area contributed by atoms with Crippen LogP contribution in [0.5, 0.6) is 0 Å². The Labute approximate surface area is 316 Å². The zero-order valence-electron chi connectivity index (χ0n) is 30.7. The SMILES string of the molecule is Cc1ccc(-c2nc(-c3ccc(C)cc3)nc(-c3ccc(/C=C/c4ccc(-c5nc(-c6ccc(C)cc6)nc(-c6ccc(C)cc6)n5)cc4)cc3)n2)cc1. The van der Waals surface area contributed by atoms with Crippen molar-refractivity contribution in [3.63, 3.8) is 0 Å². The van der Waals surface area contributed by atoms with Crippen molar-refractivity contribution in [3.8, 4) is 68.3 Å². The summed E-state index contributed by atoms with van der Waals surface area (Å²) in [5.41, 5.74) is 12.6. The molecule has 0 spiro atoms. The van der Waals surface area contributed by atoms with E-state index >= 15 is 0 Å². The molecule has 54 heavy (non-hydrogen) atoms. The summed E-state index contributed by atoms with van der Waals surface area (Å²) in [6.45, 7) is 8.31. The quantitative estimate of drug-likeness (QED) is 0.147. The lowest BCUT2D eigenvalue weighted by Gasteiger charge is -2.09. The van der Waals surface area contributed by atoms with Crippen molar-refractivity contribution >= 4 is 12.2 Å². The van der Waals surface area contributed by atoms with E-state index in [9.17, 15) is 0 Å². The zero-order valence-corrected chi connectivity index (χ0v) is 30.7. The first kappa shape index (κ1) is 34.2. The average molecular weight is 699 g/mol. The predicted molar refractivity (Wildman–Crippen MR) is 220 cm³/mol. The molecule has 0 saturated carbocycles. The first-order valence-corrected chi connectivity index (χ1v) is 18.0. The van der Waals surface area contributed by atoms with Gasteiger partial charge in [0.25, 0.3) is 0 Å². The summed E-state index contributed by atoms with van der Waals surface area (Å²) in [5, 5.41) is 0. The molecule has 0 aliphatic heterocycles. The molecule has 0 saturated heterocycles. The van der Waals surface area contributed by atoms with Gasteiger partial charge in [0.1, 0.15) is 0 Å². The fourth-order valence-electron chi connectivity index (χ4n) is 6.02. The van der Waals surface area contributed by atoms with Crippen LogP contribution in [0.3, 0.4) is 0 Å². The third-order valence-electron chi connectivity index (χ3n) is 9.32. The Morgan fingerprint density at radius 2 is 0.407 bits per heavy atom. The van der Waals surface area contributed by atoms with E-state index in [0.29, 0.717) is 34.9 Å². The van der Waals surface area contributed by atoms with Gasteiger partial charge in [0, 0.05) is 33.4 Å². The van der Waals surface area contributed by atoms with Crippen molar-refractivity contribution in [1.82, 2.24) is 29.9 Å². The van der Waals surface area contributed by atoms with Crippen molar-refractivity contribution in [2.45, 2.75) is 27.7 Å². The third-order valence-corrected chi connectivity index (χ3v) is 9.32. The van der Waals surface area contributed by atoms with Gasteiger partial charge in [-0.1, -0.05) is 180 Å². The lowest BCUT2D eigenvalue weighted by Crippen LogP contribution is -2.00. The minimum Gasteiger partial charge on any atom is -0.208 e. The van der Waals surface area contributed by atoms with E-state index in [0.717, 1.165) is 44.5 Å². The van der Waals surface area contributed by atoms with Gasteiger partial charge < -0.3 is 0 Å². The molecule has 0 N–H and O–H groups in total. The van der Waals surface area contributed by atoms with Crippen LogP contribution in [0.15, 0.2) is 146 Å². The zero-order chi connectivity index (χ0) is 37.0. The highest BCUT2D eigenvalue weighted by Gasteiger charge is 2.14. The van der Waals surface area contributed by atoms with Gasteiger partial charge in [-0.3, -0.25) is 0 Å². The van der Waals surface area contributed by atoms with E-state index in [1.165, 1.54) is 22.3 Å². The number of hydrogen-bond acceptors (Lipinski definition) is 6. The maximum atomic E-state index is 4.90. The smallest absolute Gasteiger partial charge is 0.164 e. The monoisotopic (exact) mass is 698 g/mol. The van der Waals surface area contributed by atoms with Crippen LogP contribution in [-0.4, -0.2) is 29.9 Å². The van der Waals surface area contributed by atoms with Crippen LogP contribution >= 0.6 is 0 Å². The van der Waals surface area contributed by atoms with Crippen LogP contribution in [-0.2, 0) is 0 Å². The van der Waals surface area contributed by atoms with Crippen molar-refractivity contribution < 1.29 is 0 Å². The molecule has 8 rings (SSSR count). The molecule has 8 aromatic rings. The third kappa shape index (κ3) is 7.78. The van der Waals surface area contributed by atoms with Gasteiger partial charge in [-0.2, -0.15) is 0 Å². The number of aromatic nitrogens is 6. The Morgan fingerprint density at radius 1 is 0.241 bits per heavy atom. The van der Waals surface area contributed by atoms with Crippen LogP contribution in [0.4, 0.5) is 0 Å². The van der Waals surface area contributed by atoms with E-state index < -0.39 is 0 Å². The van der Waals surface area contributed by atoms with Gasteiger partial charge >= 0.3 is 0 Å². The fraction of sp³-hybridized carbons (Fsp3) is 0.0833. The molecule has 0 unspecified atom stereocenters. The molecule has 0 atom stereocenters. The maximum absolute atomic E-state index is 4.90. The van der Waals surface area contributed by atoms with E-state index in [1.54, 1.807) is 0 Å². The van der Waals surface area contributed by atoms with Gasteiger partial charge in [0.2, 0.25) is 0 Å². The Kier molecular flexibility index (Phi) is 9.48. The van der Waals surface area contributed by atoms with Crippen LogP contribution < -0.4 is 0 Å². The van der Waals surface area contributed by atoms with E-state index in [2.05, 4.69) is 185 Å². The Morgan fingerprint density at radius 3 is 0.593 bits per heavy atom. The molecule has 0 fully saturated rings. The molecular weight excluding hydrogens is 661 g/mol. The lowest BCUT2D eigenvalue weighted by molar-refractivity contribution is 1.07. The van der Waals surface area contributed by atoms with Crippen molar-refractivity contribution in [3.05, 3.63) is 179 Å². The molecule has 0 amide bonds. The second kappa shape index (κ2) is 15.0. The molecule has 6 heteroatoms. The minimum absolute atomic E-state index is 0.636. The standard InChI is InChI=1S/C48H38N6/c1-31-5-19-37(20-6-31)43-49-44(38-21-7-32(2)8-22-38)52-47(51-43)41-27-15-35(16-28-41)13-14-36-17-29-42(30-18-36)48-53-45(39-23-9-33(3)10-24-39)50-46(54-48)40-25-11-34(4)12-26-40/h5-30H,1-4H3/b14-13+. The van der Waals surface area contributed by atoms with Crippen LogP contribution in [0.25, 0.3) is 80.5 Å². The molecule has 6 aromatic carbocycles. The maximum Gasteiger partial charge on any atom is 0.164 e.